The lowest BCUT2D eigenvalue weighted by molar-refractivity contribution is -0.139. The van der Waals surface area contributed by atoms with E-state index in [2.05, 4.69) is 0 Å². The maximum atomic E-state index is 11.5. The molecule has 8 nitrogen and oxygen atoms in total. The molecular formula is C11H16N2O6. The zero-order valence-corrected chi connectivity index (χ0v) is 10.4. The summed E-state index contributed by atoms with van der Waals surface area (Å²) in [7, 11) is 0. The highest BCUT2D eigenvalue weighted by Gasteiger charge is 2.40. The number of hydrogen-bond acceptors (Lipinski definition) is 6. The first-order valence-electron chi connectivity index (χ1n) is 5.82. The topological polar surface area (TPSA) is 116 Å². The minimum absolute atomic E-state index is 0.249. The van der Waals surface area contributed by atoms with Crippen molar-refractivity contribution in [1.82, 2.24) is 10.2 Å². The van der Waals surface area contributed by atoms with Crippen molar-refractivity contribution in [1.29, 1.82) is 0 Å². The van der Waals surface area contributed by atoms with Crippen LogP contribution in [0.5, 0.6) is 0 Å². The van der Waals surface area contributed by atoms with Gasteiger partial charge in [0.2, 0.25) is 0 Å². The van der Waals surface area contributed by atoms with Gasteiger partial charge in [0.15, 0.2) is 12.5 Å². The second-order valence-corrected chi connectivity index (χ2v) is 3.87. The van der Waals surface area contributed by atoms with Gasteiger partial charge in [-0.25, -0.2) is 14.5 Å². The van der Waals surface area contributed by atoms with Crippen LogP contribution >= 0.6 is 0 Å². The molecule has 8 heteroatoms. The second-order valence-electron chi connectivity index (χ2n) is 3.87. The molecule has 19 heavy (non-hydrogen) atoms. The second kappa shape index (κ2) is 6.86. The van der Waals surface area contributed by atoms with Gasteiger partial charge >= 0.3 is 12.0 Å². The Bertz CT molecular complexity index is 395. The molecule has 0 aliphatic carbocycles. The number of ether oxygens (including phenoxy) is 1. The van der Waals surface area contributed by atoms with E-state index in [1.54, 1.807) is 0 Å². The lowest BCUT2D eigenvalue weighted by atomic mass is 10.3. The third-order valence-corrected chi connectivity index (χ3v) is 2.38. The molecule has 3 amide bonds. The van der Waals surface area contributed by atoms with Crippen molar-refractivity contribution in [3.63, 3.8) is 0 Å². The quantitative estimate of drug-likeness (QED) is 0.338. The summed E-state index contributed by atoms with van der Waals surface area (Å²) in [5.74, 6) is -1.63. The smallest absolute Gasteiger partial charge is 0.330 e. The number of hydrogen-bond donors (Lipinski definition) is 3. The number of nitrogens with one attached hydrogen (secondary N) is 1. The zero-order chi connectivity index (χ0) is 14.4. The normalized spacial score (nSPS) is 22.7. The Morgan fingerprint density at radius 2 is 2.11 bits per heavy atom. The van der Waals surface area contributed by atoms with Gasteiger partial charge in [-0.1, -0.05) is 13.3 Å². The maximum absolute atomic E-state index is 11.5. The number of unbranched alkanes of at least 4 members (excludes halogenated alkanes) is 1. The SMILES string of the molecule is CCCCOC(=O)/C=C\C(=O)N1C(=O)NC(O)C1O. The summed E-state index contributed by atoms with van der Waals surface area (Å²) >= 11 is 0. The number of imide groups is 1. The van der Waals surface area contributed by atoms with Crippen LogP contribution in [-0.2, 0) is 14.3 Å². The first kappa shape index (κ1) is 15.1. The lowest BCUT2D eigenvalue weighted by Crippen LogP contribution is -2.40. The van der Waals surface area contributed by atoms with Crippen LogP contribution in [0.25, 0.3) is 0 Å². The largest absolute Gasteiger partial charge is 0.463 e. The molecule has 3 N–H and O–H groups in total. The van der Waals surface area contributed by atoms with Crippen molar-refractivity contribution in [2.45, 2.75) is 32.2 Å². The molecule has 1 rings (SSSR count). The van der Waals surface area contributed by atoms with Crippen molar-refractivity contribution in [2.24, 2.45) is 0 Å². The van der Waals surface area contributed by atoms with Crippen LogP contribution in [0.4, 0.5) is 4.79 Å². The average Bonchev–Trinajstić information content (AvgIpc) is 2.61. The summed E-state index contributed by atoms with van der Waals surface area (Å²) in [6.45, 7) is 2.19. The van der Waals surface area contributed by atoms with Gasteiger partial charge in [0.25, 0.3) is 5.91 Å². The number of urea groups is 1. The van der Waals surface area contributed by atoms with Crippen molar-refractivity contribution < 1.29 is 29.3 Å². The molecule has 106 valence electrons. The fraction of sp³-hybridized carbons (Fsp3) is 0.545. The number of aliphatic hydroxyl groups excluding tert-OH is 2. The predicted octanol–water partition coefficient (Wildman–Crippen LogP) is -0.926. The molecule has 1 saturated heterocycles. The summed E-state index contributed by atoms with van der Waals surface area (Å²) in [6.07, 6.45) is 0.0285. The van der Waals surface area contributed by atoms with Gasteiger partial charge < -0.3 is 20.3 Å². The Kier molecular flexibility index (Phi) is 5.46. The predicted molar refractivity (Wildman–Crippen MR) is 62.4 cm³/mol. The molecule has 0 bridgehead atoms. The first-order valence-corrected chi connectivity index (χ1v) is 5.82. The summed E-state index contributed by atoms with van der Waals surface area (Å²) in [5.41, 5.74) is 0. The molecule has 0 aromatic heterocycles. The summed E-state index contributed by atoms with van der Waals surface area (Å²) in [5, 5.41) is 20.4. The number of carbonyl (C=O) groups is 3. The third-order valence-electron chi connectivity index (χ3n) is 2.38. The van der Waals surface area contributed by atoms with Gasteiger partial charge in [0.05, 0.1) is 6.61 Å². The Balaban J connectivity index is 2.50. The number of amides is 3. The molecule has 1 aliphatic rings. The van der Waals surface area contributed by atoms with Gasteiger partial charge in [0, 0.05) is 12.2 Å². The van der Waals surface area contributed by atoms with E-state index in [1.807, 2.05) is 12.2 Å². The number of carbonyl (C=O) groups excluding carboxylic acids is 3. The van der Waals surface area contributed by atoms with E-state index in [0.29, 0.717) is 11.3 Å². The van der Waals surface area contributed by atoms with Crippen LogP contribution in [0.3, 0.4) is 0 Å². The van der Waals surface area contributed by atoms with E-state index < -0.39 is 30.4 Å². The van der Waals surface area contributed by atoms with E-state index in [-0.39, 0.29) is 6.61 Å². The Morgan fingerprint density at radius 1 is 1.42 bits per heavy atom. The molecule has 1 heterocycles. The van der Waals surface area contributed by atoms with E-state index in [4.69, 9.17) is 9.84 Å². The molecule has 0 aromatic carbocycles. The fourth-order valence-corrected chi connectivity index (χ4v) is 1.35. The lowest BCUT2D eigenvalue weighted by Gasteiger charge is -2.15. The fourth-order valence-electron chi connectivity index (χ4n) is 1.35. The molecule has 0 radical (unpaired) electrons. The number of rotatable bonds is 5. The number of aliphatic hydroxyl groups is 2. The Morgan fingerprint density at radius 3 is 2.63 bits per heavy atom. The minimum Gasteiger partial charge on any atom is -0.463 e. The molecule has 2 unspecified atom stereocenters. The summed E-state index contributed by atoms with van der Waals surface area (Å²) < 4.78 is 4.76. The Hall–Kier alpha value is -1.93. The first-order chi connectivity index (χ1) is 8.97. The number of esters is 1. The zero-order valence-electron chi connectivity index (χ0n) is 10.4. The summed E-state index contributed by atoms with van der Waals surface area (Å²) in [4.78, 5) is 34.3. The highest BCUT2D eigenvalue weighted by Crippen LogP contribution is 2.10. The maximum Gasteiger partial charge on any atom is 0.330 e. The standard InChI is InChI=1S/C11H16N2O6/c1-2-3-6-19-8(15)5-4-7(14)13-10(17)9(16)12-11(13)18/h4-5,9-10,16-17H,2-3,6H2,1H3,(H,12,18)/b5-4-. The van der Waals surface area contributed by atoms with Gasteiger partial charge in [-0.15, -0.1) is 0 Å². The molecule has 1 aliphatic heterocycles. The molecular weight excluding hydrogens is 256 g/mol. The van der Waals surface area contributed by atoms with E-state index >= 15 is 0 Å². The monoisotopic (exact) mass is 272 g/mol. The average molecular weight is 272 g/mol. The number of nitrogens with zero attached hydrogens (tertiary/aromatic N) is 1. The van der Waals surface area contributed by atoms with Gasteiger partial charge in [-0.2, -0.15) is 0 Å². The van der Waals surface area contributed by atoms with Crippen LogP contribution in [0.1, 0.15) is 19.8 Å². The van der Waals surface area contributed by atoms with Crippen molar-refractivity contribution in [2.75, 3.05) is 6.61 Å². The van der Waals surface area contributed by atoms with Crippen molar-refractivity contribution >= 4 is 17.9 Å². The minimum atomic E-state index is -1.68. The highest BCUT2D eigenvalue weighted by atomic mass is 16.5. The van der Waals surface area contributed by atoms with Crippen LogP contribution < -0.4 is 5.32 Å². The molecule has 1 fully saturated rings. The highest BCUT2D eigenvalue weighted by molar-refractivity contribution is 6.04. The Labute approximate surface area is 109 Å². The van der Waals surface area contributed by atoms with E-state index in [9.17, 15) is 19.5 Å². The molecule has 0 spiro atoms. The van der Waals surface area contributed by atoms with Crippen molar-refractivity contribution in [3.8, 4) is 0 Å². The van der Waals surface area contributed by atoms with Crippen LogP contribution in [0.15, 0.2) is 12.2 Å². The van der Waals surface area contributed by atoms with Gasteiger partial charge in [0.1, 0.15) is 0 Å². The van der Waals surface area contributed by atoms with Crippen molar-refractivity contribution in [3.05, 3.63) is 12.2 Å². The van der Waals surface area contributed by atoms with E-state index in [1.165, 1.54) is 0 Å². The van der Waals surface area contributed by atoms with E-state index in [0.717, 1.165) is 18.6 Å². The third kappa shape index (κ3) is 4.04. The summed E-state index contributed by atoms with van der Waals surface area (Å²) in [6, 6.07) is -0.936. The van der Waals surface area contributed by atoms with Gasteiger partial charge in [-0.3, -0.25) is 4.79 Å². The van der Waals surface area contributed by atoms with Crippen LogP contribution in [-0.4, -0.2) is 52.1 Å². The van der Waals surface area contributed by atoms with Crippen LogP contribution in [0.2, 0.25) is 0 Å². The molecule has 0 aromatic rings. The van der Waals surface area contributed by atoms with Crippen LogP contribution in [0, 0.1) is 0 Å². The van der Waals surface area contributed by atoms with Gasteiger partial charge in [-0.05, 0) is 6.42 Å². The molecule has 2 atom stereocenters. The molecule has 0 saturated carbocycles.